The molecule has 86 heavy (non-hydrogen) atoms. The fraction of sp³-hybridized carbons (Fsp3) is 0.955. The largest absolute Gasteiger partial charge is 0.394 e. The number of ether oxygens (including phenoxy) is 6. The van der Waals surface area contributed by atoms with E-state index in [4.69, 9.17) is 28.4 Å². The Balaban J connectivity index is 1.27. The van der Waals surface area contributed by atoms with Crippen molar-refractivity contribution in [1.29, 1.82) is 0 Å². The van der Waals surface area contributed by atoms with E-state index in [2.05, 4.69) is 19.2 Å². The minimum atomic E-state index is -1.97. The summed E-state index contributed by atoms with van der Waals surface area (Å²) in [5.74, 6) is -0.274. The smallest absolute Gasteiger partial charge is 0.220 e. The van der Waals surface area contributed by atoms with Crippen LogP contribution in [0.2, 0.25) is 0 Å². The molecular weight excluding hydrogens is 1110 g/mol. The Morgan fingerprint density at radius 3 is 1.09 bits per heavy atom. The monoisotopic (exact) mass is 1230 g/mol. The molecule has 0 bridgehead atoms. The molecule has 3 aliphatic rings. The average Bonchev–Trinajstić information content (AvgIpc) is 1.44. The number of amides is 1. The van der Waals surface area contributed by atoms with Gasteiger partial charge >= 0.3 is 0 Å². The summed E-state index contributed by atoms with van der Waals surface area (Å²) in [6, 6.07) is -0.965. The Morgan fingerprint density at radius 1 is 0.407 bits per heavy atom. The molecule has 12 N–H and O–H groups in total. The van der Waals surface area contributed by atoms with E-state index in [1.165, 1.54) is 193 Å². The number of nitrogens with one attached hydrogen (secondary N) is 1. The van der Waals surface area contributed by atoms with Crippen molar-refractivity contribution in [3.05, 3.63) is 12.2 Å². The third-order valence-corrected chi connectivity index (χ3v) is 17.8. The molecule has 3 fully saturated rings. The number of hydrogen-bond donors (Lipinski definition) is 12. The molecule has 0 radical (unpaired) electrons. The van der Waals surface area contributed by atoms with Crippen molar-refractivity contribution in [3.63, 3.8) is 0 Å². The summed E-state index contributed by atoms with van der Waals surface area (Å²) < 4.78 is 34.2. The molecule has 19 heteroatoms. The van der Waals surface area contributed by atoms with Crippen molar-refractivity contribution in [3.8, 4) is 0 Å². The summed E-state index contributed by atoms with van der Waals surface area (Å²) >= 11 is 0. The normalized spacial score (nSPS) is 28.8. The maximum atomic E-state index is 13.3. The van der Waals surface area contributed by atoms with E-state index in [0.717, 1.165) is 57.8 Å². The van der Waals surface area contributed by atoms with Crippen LogP contribution in [-0.4, -0.2) is 193 Å². The van der Waals surface area contributed by atoms with E-state index in [0.29, 0.717) is 6.42 Å². The summed E-state index contributed by atoms with van der Waals surface area (Å²) in [6.45, 7) is 1.68. The van der Waals surface area contributed by atoms with E-state index < -0.39 is 124 Å². The molecule has 3 rings (SSSR count). The van der Waals surface area contributed by atoms with Gasteiger partial charge in [-0.25, -0.2) is 0 Å². The number of allylic oxidation sites excluding steroid dienone is 1. The topological polar surface area (TPSA) is 307 Å². The van der Waals surface area contributed by atoms with Gasteiger partial charge in [0.15, 0.2) is 18.9 Å². The van der Waals surface area contributed by atoms with E-state index in [1.54, 1.807) is 6.08 Å². The van der Waals surface area contributed by atoms with Crippen LogP contribution in [0.1, 0.15) is 277 Å². The molecule has 3 aliphatic heterocycles. The number of rotatable bonds is 54. The lowest BCUT2D eigenvalue weighted by Gasteiger charge is -2.48. The van der Waals surface area contributed by atoms with Gasteiger partial charge in [-0.2, -0.15) is 0 Å². The first-order valence-corrected chi connectivity index (χ1v) is 34.9. The van der Waals surface area contributed by atoms with Crippen molar-refractivity contribution in [1.82, 2.24) is 5.32 Å². The van der Waals surface area contributed by atoms with Crippen molar-refractivity contribution < 1.29 is 89.4 Å². The van der Waals surface area contributed by atoms with Crippen LogP contribution in [0.4, 0.5) is 0 Å². The second-order valence-electron chi connectivity index (χ2n) is 25.4. The fourth-order valence-corrected chi connectivity index (χ4v) is 12.1. The Hall–Kier alpha value is -1.47. The van der Waals surface area contributed by atoms with Gasteiger partial charge in [0, 0.05) is 6.42 Å². The second-order valence-corrected chi connectivity index (χ2v) is 25.4. The molecule has 508 valence electrons. The van der Waals surface area contributed by atoms with Crippen molar-refractivity contribution >= 4 is 5.91 Å². The van der Waals surface area contributed by atoms with Crippen LogP contribution in [0.3, 0.4) is 0 Å². The van der Waals surface area contributed by atoms with Crippen LogP contribution in [0.15, 0.2) is 12.2 Å². The molecule has 0 aliphatic carbocycles. The standard InChI is InChI=1S/C67H127NO18/c1-3-5-7-9-11-12-13-14-15-16-17-18-19-20-21-22-23-24-25-26-27-28-29-30-31-32-33-34-35-36-37-39-41-43-45-55(73)68-50(51(72)44-42-40-38-10-8-6-4-2)49-81-65-61(79)58(76)63(53(47-70)83-65)86-67-62(80)59(77)64(54(48-71)84-67)85-66-60(78)57(75)56(74)52(46-69)82-66/h42,44,50-54,56-67,69-72,74-80H,3-41,43,45-49H2,1-2H3,(H,68,73)/b44-42+. The maximum absolute atomic E-state index is 13.3. The lowest BCUT2D eigenvalue weighted by molar-refractivity contribution is -0.379. The van der Waals surface area contributed by atoms with Gasteiger partial charge in [-0.05, 0) is 19.3 Å². The summed E-state index contributed by atoms with van der Waals surface area (Å²) in [5, 5.41) is 120. The van der Waals surface area contributed by atoms with Gasteiger partial charge in [0.05, 0.1) is 38.6 Å². The third kappa shape index (κ3) is 32.2. The highest BCUT2D eigenvalue weighted by Crippen LogP contribution is 2.33. The quantitative estimate of drug-likeness (QED) is 0.0200. The summed E-state index contributed by atoms with van der Waals surface area (Å²) in [7, 11) is 0. The first-order chi connectivity index (χ1) is 41.8. The van der Waals surface area contributed by atoms with E-state index in [-0.39, 0.29) is 18.9 Å². The number of aliphatic hydroxyl groups is 11. The molecule has 1 amide bonds. The van der Waals surface area contributed by atoms with E-state index >= 15 is 0 Å². The lowest BCUT2D eigenvalue weighted by Crippen LogP contribution is -2.66. The molecule has 0 spiro atoms. The highest BCUT2D eigenvalue weighted by atomic mass is 16.8. The van der Waals surface area contributed by atoms with Crippen LogP contribution in [0, 0.1) is 0 Å². The van der Waals surface area contributed by atoms with E-state index in [9.17, 15) is 61.0 Å². The number of carbonyl (C=O) groups excluding carboxylic acids is 1. The highest BCUT2D eigenvalue weighted by molar-refractivity contribution is 5.76. The Kier molecular flexibility index (Phi) is 45.9. The predicted octanol–water partition coefficient (Wildman–Crippen LogP) is 8.89. The number of aliphatic hydroxyl groups excluding tert-OH is 11. The molecule has 19 nitrogen and oxygen atoms in total. The van der Waals surface area contributed by atoms with Gasteiger partial charge in [-0.1, -0.05) is 264 Å². The lowest BCUT2D eigenvalue weighted by atomic mass is 9.96. The summed E-state index contributed by atoms with van der Waals surface area (Å²) in [5.41, 5.74) is 0. The SMILES string of the molecule is CCCCCCC/C=C/C(O)C(COC1OC(CO)C(OC2OC(CO)C(OC3OC(CO)C(O)C(O)C3O)C(O)C2O)C(O)C1O)NC(=O)CCCCCCCCCCCCCCCCCCCCCCCCCCCCCCCCCCCC. The first kappa shape index (κ1) is 78.8. The van der Waals surface area contributed by atoms with Crippen molar-refractivity contribution in [2.75, 3.05) is 26.4 Å². The first-order valence-electron chi connectivity index (χ1n) is 34.9. The Bertz CT molecular complexity index is 1620. The van der Waals surface area contributed by atoms with Gasteiger partial charge in [0.25, 0.3) is 0 Å². The van der Waals surface area contributed by atoms with Crippen LogP contribution in [-0.2, 0) is 33.2 Å². The van der Waals surface area contributed by atoms with Crippen molar-refractivity contribution in [2.24, 2.45) is 0 Å². The van der Waals surface area contributed by atoms with Crippen LogP contribution >= 0.6 is 0 Å². The average molecular weight is 1230 g/mol. The van der Waals surface area contributed by atoms with Gasteiger partial charge < -0.3 is 89.9 Å². The van der Waals surface area contributed by atoms with Gasteiger partial charge in [-0.3, -0.25) is 4.79 Å². The highest BCUT2D eigenvalue weighted by Gasteiger charge is 2.53. The summed E-state index contributed by atoms with van der Waals surface area (Å²) in [6.07, 6.45) is 28.5. The Labute approximate surface area is 518 Å². The predicted molar refractivity (Wildman–Crippen MR) is 333 cm³/mol. The zero-order valence-corrected chi connectivity index (χ0v) is 53.6. The van der Waals surface area contributed by atoms with Crippen LogP contribution < -0.4 is 5.32 Å². The molecule has 0 aromatic rings. The maximum Gasteiger partial charge on any atom is 0.220 e. The molecule has 3 saturated heterocycles. The van der Waals surface area contributed by atoms with Gasteiger partial charge in [0.1, 0.15) is 73.2 Å². The number of unbranched alkanes of at least 4 members (excludes halogenated alkanes) is 38. The number of hydrogen-bond acceptors (Lipinski definition) is 18. The minimum Gasteiger partial charge on any atom is -0.394 e. The van der Waals surface area contributed by atoms with Gasteiger partial charge in [-0.15, -0.1) is 0 Å². The molecular formula is C67H127NO18. The minimum absolute atomic E-state index is 0.248. The molecule has 3 heterocycles. The second kappa shape index (κ2) is 50.1. The fourth-order valence-electron chi connectivity index (χ4n) is 12.1. The Morgan fingerprint density at radius 2 is 0.721 bits per heavy atom. The van der Waals surface area contributed by atoms with Gasteiger partial charge in [0.2, 0.25) is 5.91 Å². The molecule has 0 aromatic heterocycles. The molecule has 17 unspecified atom stereocenters. The molecule has 0 aromatic carbocycles. The third-order valence-electron chi connectivity index (χ3n) is 17.8. The zero-order valence-electron chi connectivity index (χ0n) is 53.6. The van der Waals surface area contributed by atoms with E-state index in [1.807, 2.05) is 6.08 Å². The number of carbonyl (C=O) groups is 1. The van der Waals surface area contributed by atoms with Crippen LogP contribution in [0.25, 0.3) is 0 Å². The van der Waals surface area contributed by atoms with Crippen molar-refractivity contribution in [2.45, 2.75) is 381 Å². The molecule has 0 saturated carbocycles. The van der Waals surface area contributed by atoms with Crippen LogP contribution in [0.5, 0.6) is 0 Å². The molecule has 17 atom stereocenters. The zero-order chi connectivity index (χ0) is 62.6. The summed E-state index contributed by atoms with van der Waals surface area (Å²) in [4.78, 5) is 13.3.